The summed E-state index contributed by atoms with van der Waals surface area (Å²) in [5.74, 6) is 0.615. The minimum atomic E-state index is -0.0119. The Bertz CT molecular complexity index is 776. The number of ether oxygens (including phenoxy) is 1. The Labute approximate surface area is 141 Å². The largest absolute Gasteiger partial charge is 0.483 e. The lowest BCUT2D eigenvalue weighted by Gasteiger charge is -2.26. The molecule has 0 N–H and O–H groups in total. The maximum absolute atomic E-state index is 12.5. The molecule has 0 spiro atoms. The topological polar surface area (TPSA) is 51.5 Å². The molecule has 0 aliphatic carbocycles. The summed E-state index contributed by atoms with van der Waals surface area (Å²) in [7, 11) is 0. The number of carbonyl (C=O) groups excluding carboxylic acids is 1. The molecular weight excluding hydrogens is 304 g/mol. The third-order valence-electron chi connectivity index (χ3n) is 4.50. The molecular formula is C19H24N2O3. The zero-order valence-corrected chi connectivity index (χ0v) is 14.2. The molecule has 5 heteroatoms. The third-order valence-corrected chi connectivity index (χ3v) is 4.50. The molecule has 1 saturated heterocycles. The van der Waals surface area contributed by atoms with Crippen LogP contribution in [0.5, 0.6) is 5.75 Å². The van der Waals surface area contributed by atoms with Crippen LogP contribution in [0.2, 0.25) is 0 Å². The highest BCUT2D eigenvalue weighted by molar-refractivity contribution is 5.88. The number of rotatable bonds is 5. The number of hydrogen-bond acceptors (Lipinski definition) is 3. The maximum Gasteiger partial charge on any atom is 0.260 e. The highest BCUT2D eigenvalue weighted by Crippen LogP contribution is 2.23. The van der Waals surface area contributed by atoms with E-state index in [1.165, 1.54) is 6.42 Å². The number of aryl methyl sites for hydroxylation is 1. The molecule has 0 unspecified atom stereocenters. The van der Waals surface area contributed by atoms with E-state index >= 15 is 0 Å². The molecule has 0 atom stereocenters. The number of amides is 1. The van der Waals surface area contributed by atoms with Crippen LogP contribution in [0, 0.1) is 0 Å². The van der Waals surface area contributed by atoms with E-state index in [0.717, 1.165) is 37.7 Å². The van der Waals surface area contributed by atoms with Gasteiger partial charge in [-0.1, -0.05) is 13.0 Å². The van der Waals surface area contributed by atoms with E-state index in [1.807, 2.05) is 30.0 Å². The average Bonchev–Trinajstić information content (AvgIpc) is 2.63. The van der Waals surface area contributed by atoms with Gasteiger partial charge in [0, 0.05) is 31.2 Å². The number of carbonyl (C=O) groups is 1. The van der Waals surface area contributed by atoms with E-state index < -0.39 is 0 Å². The normalized spacial score (nSPS) is 14.8. The molecule has 1 amide bonds. The molecule has 3 rings (SSSR count). The molecule has 1 aliphatic heterocycles. The van der Waals surface area contributed by atoms with Gasteiger partial charge >= 0.3 is 0 Å². The first-order valence-corrected chi connectivity index (χ1v) is 8.73. The fraction of sp³-hybridized carbons (Fsp3) is 0.474. The van der Waals surface area contributed by atoms with Crippen LogP contribution in [0.15, 0.2) is 35.3 Å². The van der Waals surface area contributed by atoms with Crippen molar-refractivity contribution in [3.05, 3.63) is 40.8 Å². The fourth-order valence-electron chi connectivity index (χ4n) is 3.21. The molecule has 24 heavy (non-hydrogen) atoms. The molecule has 128 valence electrons. The summed E-state index contributed by atoms with van der Waals surface area (Å²) in [6.07, 6.45) is 6.03. The van der Waals surface area contributed by atoms with Crippen molar-refractivity contribution in [1.82, 2.24) is 9.47 Å². The molecule has 0 bridgehead atoms. The van der Waals surface area contributed by atoms with E-state index in [4.69, 9.17) is 4.74 Å². The van der Waals surface area contributed by atoms with E-state index in [0.29, 0.717) is 17.7 Å². The van der Waals surface area contributed by atoms with Crippen molar-refractivity contribution in [2.75, 3.05) is 19.7 Å². The summed E-state index contributed by atoms with van der Waals surface area (Å²) in [6, 6.07) is 7.33. The Balaban J connectivity index is 1.78. The quantitative estimate of drug-likeness (QED) is 0.848. The van der Waals surface area contributed by atoms with Gasteiger partial charge in [-0.2, -0.15) is 0 Å². The van der Waals surface area contributed by atoms with Gasteiger partial charge in [0.05, 0.1) is 5.39 Å². The van der Waals surface area contributed by atoms with Crippen LogP contribution in [-0.2, 0) is 11.3 Å². The lowest BCUT2D eigenvalue weighted by atomic mass is 10.1. The first-order valence-electron chi connectivity index (χ1n) is 8.73. The Morgan fingerprint density at radius 3 is 2.67 bits per heavy atom. The van der Waals surface area contributed by atoms with E-state index in [2.05, 4.69) is 0 Å². The predicted molar refractivity (Wildman–Crippen MR) is 94.4 cm³/mol. The van der Waals surface area contributed by atoms with Crippen molar-refractivity contribution < 1.29 is 9.53 Å². The number of aromatic nitrogens is 1. The van der Waals surface area contributed by atoms with Gasteiger partial charge in [0.25, 0.3) is 11.5 Å². The molecule has 0 saturated carbocycles. The Hall–Kier alpha value is -2.30. The predicted octanol–water partition coefficient (Wildman–Crippen LogP) is 2.80. The molecule has 1 aromatic carbocycles. The smallest absolute Gasteiger partial charge is 0.260 e. The average molecular weight is 328 g/mol. The van der Waals surface area contributed by atoms with Crippen molar-refractivity contribution in [3.63, 3.8) is 0 Å². The minimum Gasteiger partial charge on any atom is -0.483 e. The van der Waals surface area contributed by atoms with E-state index in [-0.39, 0.29) is 18.1 Å². The van der Waals surface area contributed by atoms with Gasteiger partial charge in [0.2, 0.25) is 0 Å². The Kier molecular flexibility index (Phi) is 5.18. The van der Waals surface area contributed by atoms with Gasteiger partial charge in [-0.25, -0.2) is 0 Å². The number of piperidine rings is 1. The van der Waals surface area contributed by atoms with Gasteiger partial charge in [0.1, 0.15) is 5.75 Å². The zero-order valence-electron chi connectivity index (χ0n) is 14.2. The highest BCUT2D eigenvalue weighted by atomic mass is 16.5. The van der Waals surface area contributed by atoms with E-state index in [1.54, 1.807) is 16.8 Å². The summed E-state index contributed by atoms with van der Waals surface area (Å²) in [6.45, 7) is 4.41. The number of benzene rings is 1. The lowest BCUT2D eigenvalue weighted by Crippen LogP contribution is -2.38. The van der Waals surface area contributed by atoms with Crippen LogP contribution in [0.4, 0.5) is 0 Å². The number of pyridine rings is 1. The number of fused-ring (bicyclic) bond motifs is 1. The van der Waals surface area contributed by atoms with Crippen molar-refractivity contribution in [1.29, 1.82) is 0 Å². The minimum absolute atomic E-state index is 0.0119. The molecule has 0 radical (unpaired) electrons. The summed E-state index contributed by atoms with van der Waals surface area (Å²) >= 11 is 0. The second kappa shape index (κ2) is 7.51. The number of likely N-dealkylation sites (tertiary alicyclic amines) is 1. The molecule has 1 aliphatic rings. The lowest BCUT2D eigenvalue weighted by molar-refractivity contribution is -0.134. The van der Waals surface area contributed by atoms with Crippen molar-refractivity contribution in [2.24, 2.45) is 0 Å². The van der Waals surface area contributed by atoms with Crippen LogP contribution in [0.25, 0.3) is 10.8 Å². The van der Waals surface area contributed by atoms with Crippen molar-refractivity contribution in [3.8, 4) is 5.75 Å². The second-order valence-corrected chi connectivity index (χ2v) is 6.26. The second-order valence-electron chi connectivity index (χ2n) is 6.26. The van der Waals surface area contributed by atoms with Crippen LogP contribution in [0.3, 0.4) is 0 Å². The Morgan fingerprint density at radius 2 is 1.92 bits per heavy atom. The van der Waals surface area contributed by atoms with Gasteiger partial charge in [-0.15, -0.1) is 0 Å². The van der Waals surface area contributed by atoms with Crippen molar-refractivity contribution in [2.45, 2.75) is 39.2 Å². The highest BCUT2D eigenvalue weighted by Gasteiger charge is 2.17. The standard InChI is InChI=1S/C19H24N2O3/c1-2-10-21-13-9-15-16(19(21)23)7-6-8-17(15)24-14-18(22)20-11-4-3-5-12-20/h6-9,13H,2-5,10-12,14H2,1H3. The SMILES string of the molecule is CCCn1ccc2c(OCC(=O)N3CCCCC3)cccc2c1=O. The first-order chi connectivity index (χ1) is 11.7. The van der Waals surface area contributed by atoms with Crippen LogP contribution in [-0.4, -0.2) is 35.1 Å². The molecule has 2 heterocycles. The zero-order chi connectivity index (χ0) is 16.9. The van der Waals surface area contributed by atoms with Crippen LogP contribution in [0.1, 0.15) is 32.6 Å². The first kappa shape index (κ1) is 16.6. The summed E-state index contributed by atoms with van der Waals surface area (Å²) in [4.78, 5) is 26.6. The van der Waals surface area contributed by atoms with Crippen LogP contribution < -0.4 is 10.3 Å². The van der Waals surface area contributed by atoms with Gasteiger partial charge in [-0.3, -0.25) is 9.59 Å². The molecule has 1 aromatic heterocycles. The van der Waals surface area contributed by atoms with Gasteiger partial charge < -0.3 is 14.2 Å². The summed E-state index contributed by atoms with van der Waals surface area (Å²) in [5.41, 5.74) is -0.0119. The molecule has 1 fully saturated rings. The Morgan fingerprint density at radius 1 is 1.12 bits per heavy atom. The van der Waals surface area contributed by atoms with E-state index in [9.17, 15) is 9.59 Å². The van der Waals surface area contributed by atoms with Crippen LogP contribution >= 0.6 is 0 Å². The van der Waals surface area contributed by atoms with Gasteiger partial charge in [-0.05, 0) is 43.9 Å². The monoisotopic (exact) mass is 328 g/mol. The van der Waals surface area contributed by atoms with Crippen molar-refractivity contribution >= 4 is 16.7 Å². The summed E-state index contributed by atoms with van der Waals surface area (Å²) in [5, 5.41) is 1.40. The van der Waals surface area contributed by atoms with Gasteiger partial charge in [0.15, 0.2) is 6.61 Å². The fourth-order valence-corrected chi connectivity index (χ4v) is 3.21. The molecule has 2 aromatic rings. The number of hydrogen-bond donors (Lipinski definition) is 0. The number of nitrogens with zero attached hydrogens (tertiary/aromatic N) is 2. The summed E-state index contributed by atoms with van der Waals surface area (Å²) < 4.78 is 7.46. The third kappa shape index (κ3) is 3.45. The molecule has 5 nitrogen and oxygen atoms in total. The maximum atomic E-state index is 12.5.